The Morgan fingerprint density at radius 3 is 3.30 bits per heavy atom. The van der Waals surface area contributed by atoms with Gasteiger partial charge in [0.2, 0.25) is 5.65 Å². The fraction of sp³-hybridized carbons (Fsp3) is 0.308. The van der Waals surface area contributed by atoms with Crippen LogP contribution in [0.4, 0.5) is 5.82 Å². The van der Waals surface area contributed by atoms with Crippen molar-refractivity contribution in [2.75, 3.05) is 18.5 Å². The van der Waals surface area contributed by atoms with Crippen LogP contribution >= 0.6 is 0 Å². The monoisotopic (exact) mass is 273 g/mol. The number of nitrogens with one attached hydrogen (secondary N) is 1. The van der Waals surface area contributed by atoms with Crippen molar-refractivity contribution in [2.24, 2.45) is 0 Å². The largest absolute Gasteiger partial charge is 0.467 e. The standard InChI is InChI=1S/C13H15N5O2/c1-3-11(20-8-1)9-19-7-2-4-14-12-13-17-16-10-18(13)6-5-15-12/h1,3,5-6,8,10H,2,4,7,9H2,(H,14,15). The highest BCUT2D eigenvalue weighted by Crippen LogP contribution is 2.09. The lowest BCUT2D eigenvalue weighted by Gasteiger charge is -2.06. The van der Waals surface area contributed by atoms with Crippen LogP contribution in [0.15, 0.2) is 41.5 Å². The van der Waals surface area contributed by atoms with E-state index in [9.17, 15) is 0 Å². The molecule has 0 aliphatic heterocycles. The molecule has 0 aromatic carbocycles. The zero-order valence-corrected chi connectivity index (χ0v) is 10.9. The Balaban J connectivity index is 1.40. The van der Waals surface area contributed by atoms with Crippen LogP contribution in [0.2, 0.25) is 0 Å². The van der Waals surface area contributed by atoms with E-state index < -0.39 is 0 Å². The highest BCUT2D eigenvalue weighted by Gasteiger charge is 2.03. The molecule has 0 aliphatic carbocycles. The molecule has 3 aromatic rings. The summed E-state index contributed by atoms with van der Waals surface area (Å²) in [4.78, 5) is 4.25. The van der Waals surface area contributed by atoms with Crippen LogP contribution in [0.3, 0.4) is 0 Å². The second-order valence-electron chi connectivity index (χ2n) is 4.25. The first-order chi connectivity index (χ1) is 9.93. The number of aromatic nitrogens is 4. The molecule has 0 aliphatic rings. The zero-order valence-electron chi connectivity index (χ0n) is 10.9. The third-order valence-electron chi connectivity index (χ3n) is 2.80. The van der Waals surface area contributed by atoms with Crippen LogP contribution in [-0.4, -0.2) is 32.7 Å². The average molecular weight is 273 g/mol. The van der Waals surface area contributed by atoms with Gasteiger partial charge >= 0.3 is 0 Å². The minimum atomic E-state index is 0.505. The summed E-state index contributed by atoms with van der Waals surface area (Å²) in [5, 5.41) is 11.1. The molecule has 0 atom stereocenters. The highest BCUT2D eigenvalue weighted by molar-refractivity contribution is 5.61. The first-order valence-corrected chi connectivity index (χ1v) is 6.42. The Kier molecular flexibility index (Phi) is 3.88. The Labute approximate surface area is 115 Å². The van der Waals surface area contributed by atoms with Gasteiger partial charge in [-0.1, -0.05) is 0 Å². The van der Waals surface area contributed by atoms with Crippen LogP contribution in [-0.2, 0) is 11.3 Å². The summed E-state index contributed by atoms with van der Waals surface area (Å²) < 4.78 is 12.5. The Bertz CT molecular complexity index is 650. The SMILES string of the molecule is c1coc(COCCCNc2nccn3cnnc23)c1. The molecular formula is C13H15N5O2. The minimum absolute atomic E-state index is 0.505. The summed E-state index contributed by atoms with van der Waals surface area (Å²) in [6, 6.07) is 3.75. The molecule has 0 saturated carbocycles. The fourth-order valence-corrected chi connectivity index (χ4v) is 1.83. The number of hydrogen-bond donors (Lipinski definition) is 1. The van der Waals surface area contributed by atoms with Gasteiger partial charge in [0.1, 0.15) is 18.7 Å². The van der Waals surface area contributed by atoms with Gasteiger partial charge in [-0.2, -0.15) is 0 Å². The maximum Gasteiger partial charge on any atom is 0.203 e. The molecule has 0 fully saturated rings. The van der Waals surface area contributed by atoms with Gasteiger partial charge in [-0.3, -0.25) is 4.40 Å². The number of hydrogen-bond acceptors (Lipinski definition) is 6. The maximum atomic E-state index is 5.50. The van der Waals surface area contributed by atoms with Crippen molar-refractivity contribution in [3.8, 4) is 0 Å². The Hall–Kier alpha value is -2.41. The number of ether oxygens (including phenoxy) is 1. The number of anilines is 1. The summed E-state index contributed by atoms with van der Waals surface area (Å²) in [6.45, 7) is 1.92. The van der Waals surface area contributed by atoms with E-state index in [1.165, 1.54) is 0 Å². The lowest BCUT2D eigenvalue weighted by atomic mass is 10.4. The van der Waals surface area contributed by atoms with E-state index in [4.69, 9.17) is 9.15 Å². The zero-order chi connectivity index (χ0) is 13.6. The Morgan fingerprint density at radius 2 is 2.40 bits per heavy atom. The number of fused-ring (bicyclic) bond motifs is 1. The predicted octanol–water partition coefficient (Wildman–Crippen LogP) is 1.74. The second-order valence-corrected chi connectivity index (χ2v) is 4.25. The number of furan rings is 1. The number of rotatable bonds is 7. The molecule has 0 unspecified atom stereocenters. The summed E-state index contributed by atoms with van der Waals surface area (Å²) in [7, 11) is 0. The highest BCUT2D eigenvalue weighted by atomic mass is 16.5. The van der Waals surface area contributed by atoms with Gasteiger partial charge in [0.05, 0.1) is 6.26 Å². The van der Waals surface area contributed by atoms with Gasteiger partial charge in [0, 0.05) is 25.5 Å². The maximum absolute atomic E-state index is 5.50. The smallest absolute Gasteiger partial charge is 0.203 e. The van der Waals surface area contributed by atoms with E-state index in [-0.39, 0.29) is 0 Å². The molecule has 0 saturated heterocycles. The second kappa shape index (κ2) is 6.16. The van der Waals surface area contributed by atoms with Crippen molar-refractivity contribution in [3.63, 3.8) is 0 Å². The van der Waals surface area contributed by atoms with Crippen LogP contribution in [0, 0.1) is 0 Å². The third-order valence-corrected chi connectivity index (χ3v) is 2.80. The third kappa shape index (κ3) is 2.94. The van der Waals surface area contributed by atoms with E-state index in [1.54, 1.807) is 18.8 Å². The van der Waals surface area contributed by atoms with Gasteiger partial charge in [0.25, 0.3) is 0 Å². The molecule has 1 N–H and O–H groups in total. The molecular weight excluding hydrogens is 258 g/mol. The van der Waals surface area contributed by atoms with E-state index in [0.29, 0.717) is 13.2 Å². The van der Waals surface area contributed by atoms with Crippen molar-refractivity contribution in [1.29, 1.82) is 0 Å². The van der Waals surface area contributed by atoms with Gasteiger partial charge in [0.15, 0.2) is 5.82 Å². The molecule has 3 aromatic heterocycles. The Morgan fingerprint density at radius 1 is 1.40 bits per heavy atom. The van der Waals surface area contributed by atoms with E-state index >= 15 is 0 Å². The van der Waals surface area contributed by atoms with Crippen LogP contribution in [0.25, 0.3) is 5.65 Å². The molecule has 0 spiro atoms. The van der Waals surface area contributed by atoms with Gasteiger partial charge in [-0.05, 0) is 18.6 Å². The first kappa shape index (κ1) is 12.6. The molecule has 20 heavy (non-hydrogen) atoms. The molecule has 0 bridgehead atoms. The first-order valence-electron chi connectivity index (χ1n) is 6.42. The van der Waals surface area contributed by atoms with E-state index in [2.05, 4.69) is 20.5 Å². The molecule has 3 rings (SSSR count). The van der Waals surface area contributed by atoms with E-state index in [1.807, 2.05) is 22.7 Å². The van der Waals surface area contributed by atoms with Gasteiger partial charge in [-0.15, -0.1) is 10.2 Å². The molecule has 104 valence electrons. The molecule has 7 nitrogen and oxygen atoms in total. The summed E-state index contributed by atoms with van der Waals surface area (Å²) in [5.74, 6) is 1.57. The van der Waals surface area contributed by atoms with Crippen LogP contribution < -0.4 is 5.32 Å². The van der Waals surface area contributed by atoms with Crippen molar-refractivity contribution >= 4 is 11.5 Å². The van der Waals surface area contributed by atoms with Crippen LogP contribution in [0.5, 0.6) is 0 Å². The van der Waals surface area contributed by atoms with Crippen molar-refractivity contribution in [2.45, 2.75) is 13.0 Å². The van der Waals surface area contributed by atoms with Crippen LogP contribution in [0.1, 0.15) is 12.2 Å². The lowest BCUT2D eigenvalue weighted by Crippen LogP contribution is -2.08. The van der Waals surface area contributed by atoms with Crippen molar-refractivity contribution in [3.05, 3.63) is 42.9 Å². The lowest BCUT2D eigenvalue weighted by molar-refractivity contribution is 0.106. The summed E-state index contributed by atoms with van der Waals surface area (Å²) in [5.41, 5.74) is 0.726. The molecule has 0 amide bonds. The molecule has 7 heteroatoms. The quantitative estimate of drug-likeness (QED) is 0.661. The predicted molar refractivity (Wildman–Crippen MR) is 72.3 cm³/mol. The molecule has 0 radical (unpaired) electrons. The minimum Gasteiger partial charge on any atom is -0.467 e. The molecule has 3 heterocycles. The summed E-state index contributed by atoms with van der Waals surface area (Å²) in [6.07, 6.45) is 7.69. The fourth-order valence-electron chi connectivity index (χ4n) is 1.83. The average Bonchev–Trinajstić information content (AvgIpc) is 3.13. The van der Waals surface area contributed by atoms with E-state index in [0.717, 1.165) is 30.2 Å². The van der Waals surface area contributed by atoms with Gasteiger partial charge < -0.3 is 14.5 Å². The van der Waals surface area contributed by atoms with Gasteiger partial charge in [-0.25, -0.2) is 4.98 Å². The van der Waals surface area contributed by atoms with Crippen molar-refractivity contribution in [1.82, 2.24) is 19.6 Å². The van der Waals surface area contributed by atoms with Crippen molar-refractivity contribution < 1.29 is 9.15 Å². The topological polar surface area (TPSA) is 77.5 Å². The normalized spacial score (nSPS) is 11.0. The number of nitrogens with zero attached hydrogens (tertiary/aromatic N) is 4. The summed E-state index contributed by atoms with van der Waals surface area (Å²) >= 11 is 0.